The molecule has 2 aromatic rings. The van der Waals surface area contributed by atoms with Crippen molar-refractivity contribution in [1.29, 1.82) is 0 Å². The van der Waals surface area contributed by atoms with E-state index in [9.17, 15) is 4.79 Å². The third-order valence-electron chi connectivity index (χ3n) is 3.73. The number of nitrogens with one attached hydrogen (secondary N) is 1. The third-order valence-corrected chi connectivity index (χ3v) is 3.73. The average Bonchev–Trinajstić information content (AvgIpc) is 3.01. The molecule has 6 nitrogen and oxygen atoms in total. The Morgan fingerprint density at radius 2 is 1.88 bits per heavy atom. The van der Waals surface area contributed by atoms with Crippen molar-refractivity contribution in [2.45, 2.75) is 46.7 Å². The molecule has 24 heavy (non-hydrogen) atoms. The third kappa shape index (κ3) is 4.64. The maximum atomic E-state index is 12.1. The van der Waals surface area contributed by atoms with Crippen LogP contribution >= 0.6 is 0 Å². The van der Waals surface area contributed by atoms with E-state index in [0.717, 1.165) is 11.1 Å². The van der Waals surface area contributed by atoms with Crippen molar-refractivity contribution >= 4 is 5.91 Å². The first-order chi connectivity index (χ1) is 11.4. The fraction of sp³-hybridized carbons (Fsp3) is 0.500. The van der Waals surface area contributed by atoms with Crippen LogP contribution in [0.1, 0.15) is 51.6 Å². The van der Waals surface area contributed by atoms with Crippen molar-refractivity contribution in [3.8, 4) is 11.4 Å². The van der Waals surface area contributed by atoms with Crippen LogP contribution in [-0.4, -0.2) is 16.0 Å². The van der Waals surface area contributed by atoms with Crippen LogP contribution in [0.5, 0.6) is 0 Å². The molecule has 0 aliphatic rings. The molecule has 0 spiro atoms. The molecule has 0 aliphatic carbocycles. The van der Waals surface area contributed by atoms with Crippen LogP contribution in [0.3, 0.4) is 0 Å². The molecule has 1 aromatic heterocycles. The van der Waals surface area contributed by atoms with E-state index in [2.05, 4.69) is 15.5 Å². The quantitative estimate of drug-likeness (QED) is 0.813. The van der Waals surface area contributed by atoms with Crippen molar-refractivity contribution in [1.82, 2.24) is 15.5 Å². The second-order valence-electron chi connectivity index (χ2n) is 6.74. The molecule has 1 unspecified atom stereocenters. The van der Waals surface area contributed by atoms with E-state index in [0.29, 0.717) is 30.6 Å². The summed E-state index contributed by atoms with van der Waals surface area (Å²) in [5.74, 6) is 1.39. The Hall–Kier alpha value is -2.21. The number of nitrogens with two attached hydrogens (primary N) is 1. The first-order valence-electron chi connectivity index (χ1n) is 8.33. The van der Waals surface area contributed by atoms with Crippen LogP contribution in [0.15, 0.2) is 28.8 Å². The molecule has 0 saturated carbocycles. The summed E-state index contributed by atoms with van der Waals surface area (Å²) in [5.41, 5.74) is 7.51. The van der Waals surface area contributed by atoms with Gasteiger partial charge in [0.05, 0.1) is 0 Å². The Balaban J connectivity index is 2.17. The van der Waals surface area contributed by atoms with E-state index >= 15 is 0 Å². The zero-order chi connectivity index (χ0) is 17.7. The standard InChI is InChI=1S/C18H26N4O2/c1-11(2)9-15(23)20-16(12(3)4)18-21-17(22-24-18)14-7-5-13(10-19)6-8-14/h5-8,11-12,16H,9-10,19H2,1-4H3,(H,20,23). The lowest BCUT2D eigenvalue weighted by Gasteiger charge is -2.19. The van der Waals surface area contributed by atoms with Gasteiger partial charge in [-0.1, -0.05) is 57.1 Å². The summed E-state index contributed by atoms with van der Waals surface area (Å²) in [6.07, 6.45) is 0.477. The molecule has 0 radical (unpaired) electrons. The number of rotatable bonds is 7. The Labute approximate surface area is 142 Å². The van der Waals surface area contributed by atoms with Gasteiger partial charge in [-0.05, 0) is 17.4 Å². The minimum atomic E-state index is -0.291. The van der Waals surface area contributed by atoms with E-state index in [1.807, 2.05) is 52.0 Å². The molecule has 1 heterocycles. The molecule has 130 valence electrons. The van der Waals surface area contributed by atoms with Gasteiger partial charge in [0.1, 0.15) is 6.04 Å². The normalized spacial score (nSPS) is 12.6. The minimum Gasteiger partial charge on any atom is -0.344 e. The molecule has 6 heteroatoms. The highest BCUT2D eigenvalue weighted by molar-refractivity contribution is 5.76. The molecule has 0 saturated heterocycles. The zero-order valence-corrected chi connectivity index (χ0v) is 14.7. The maximum Gasteiger partial charge on any atom is 0.249 e. The highest BCUT2D eigenvalue weighted by Gasteiger charge is 2.25. The predicted molar refractivity (Wildman–Crippen MR) is 92.8 cm³/mol. The zero-order valence-electron chi connectivity index (χ0n) is 14.7. The predicted octanol–water partition coefficient (Wildman–Crippen LogP) is 3.05. The Morgan fingerprint density at radius 3 is 2.42 bits per heavy atom. The van der Waals surface area contributed by atoms with E-state index in [4.69, 9.17) is 10.3 Å². The summed E-state index contributed by atoms with van der Waals surface area (Å²) in [6.45, 7) is 8.55. The Kier molecular flexibility index (Phi) is 6.09. The smallest absolute Gasteiger partial charge is 0.249 e. The number of benzene rings is 1. The van der Waals surface area contributed by atoms with Gasteiger partial charge in [-0.3, -0.25) is 4.79 Å². The minimum absolute atomic E-state index is 0.00394. The fourth-order valence-electron chi connectivity index (χ4n) is 2.39. The molecule has 0 bridgehead atoms. The van der Waals surface area contributed by atoms with Crippen LogP contribution in [0.2, 0.25) is 0 Å². The van der Waals surface area contributed by atoms with Gasteiger partial charge < -0.3 is 15.6 Å². The molecule has 1 amide bonds. The summed E-state index contributed by atoms with van der Waals surface area (Å²) in [6, 6.07) is 7.42. The molecule has 0 aliphatic heterocycles. The molecule has 0 fully saturated rings. The largest absolute Gasteiger partial charge is 0.344 e. The van der Waals surface area contributed by atoms with Gasteiger partial charge in [0.2, 0.25) is 17.6 Å². The summed E-state index contributed by atoms with van der Waals surface area (Å²) >= 11 is 0. The first kappa shape index (κ1) is 18.1. The second-order valence-corrected chi connectivity index (χ2v) is 6.74. The number of aromatic nitrogens is 2. The molecule has 1 atom stereocenters. The van der Waals surface area contributed by atoms with Crippen LogP contribution in [-0.2, 0) is 11.3 Å². The number of nitrogens with zero attached hydrogens (tertiary/aromatic N) is 2. The SMILES string of the molecule is CC(C)CC(=O)NC(c1nc(-c2ccc(CN)cc2)no1)C(C)C. The topological polar surface area (TPSA) is 94.0 Å². The second kappa shape index (κ2) is 8.06. The van der Waals surface area contributed by atoms with Gasteiger partial charge in [-0.25, -0.2) is 0 Å². The summed E-state index contributed by atoms with van der Waals surface area (Å²) in [5, 5.41) is 7.04. The number of carbonyl (C=O) groups excluding carboxylic acids is 1. The lowest BCUT2D eigenvalue weighted by Crippen LogP contribution is -2.32. The lowest BCUT2D eigenvalue weighted by atomic mass is 10.0. The van der Waals surface area contributed by atoms with E-state index in [1.165, 1.54) is 0 Å². The van der Waals surface area contributed by atoms with Crippen LogP contribution in [0.25, 0.3) is 11.4 Å². The molecule has 3 N–H and O–H groups in total. The summed E-state index contributed by atoms with van der Waals surface area (Å²) < 4.78 is 5.40. The fourth-order valence-corrected chi connectivity index (χ4v) is 2.39. The van der Waals surface area contributed by atoms with Crippen LogP contribution < -0.4 is 11.1 Å². The van der Waals surface area contributed by atoms with E-state index in [-0.39, 0.29) is 17.9 Å². The molecule has 2 rings (SSSR count). The number of carbonyl (C=O) groups is 1. The summed E-state index contributed by atoms with van der Waals surface area (Å²) in [4.78, 5) is 16.5. The molecule has 1 aromatic carbocycles. The lowest BCUT2D eigenvalue weighted by molar-refractivity contribution is -0.123. The van der Waals surface area contributed by atoms with Crippen molar-refractivity contribution < 1.29 is 9.32 Å². The monoisotopic (exact) mass is 330 g/mol. The van der Waals surface area contributed by atoms with Crippen LogP contribution in [0.4, 0.5) is 0 Å². The van der Waals surface area contributed by atoms with Crippen LogP contribution in [0, 0.1) is 11.8 Å². The first-order valence-corrected chi connectivity index (χ1v) is 8.33. The van der Waals surface area contributed by atoms with E-state index < -0.39 is 0 Å². The van der Waals surface area contributed by atoms with Gasteiger partial charge in [0.15, 0.2) is 0 Å². The van der Waals surface area contributed by atoms with Gasteiger partial charge >= 0.3 is 0 Å². The average molecular weight is 330 g/mol. The molecular formula is C18H26N4O2. The Bertz CT molecular complexity index is 662. The van der Waals surface area contributed by atoms with Crippen molar-refractivity contribution in [2.24, 2.45) is 17.6 Å². The molecular weight excluding hydrogens is 304 g/mol. The highest BCUT2D eigenvalue weighted by Crippen LogP contribution is 2.24. The van der Waals surface area contributed by atoms with Gasteiger partial charge in [0, 0.05) is 18.5 Å². The Morgan fingerprint density at radius 1 is 1.21 bits per heavy atom. The number of hydrogen-bond donors (Lipinski definition) is 2. The van der Waals surface area contributed by atoms with Crippen molar-refractivity contribution in [2.75, 3.05) is 0 Å². The van der Waals surface area contributed by atoms with Gasteiger partial charge in [0.25, 0.3) is 0 Å². The van der Waals surface area contributed by atoms with Crippen molar-refractivity contribution in [3.63, 3.8) is 0 Å². The van der Waals surface area contributed by atoms with E-state index in [1.54, 1.807) is 0 Å². The number of hydrogen-bond acceptors (Lipinski definition) is 5. The van der Waals surface area contributed by atoms with Gasteiger partial charge in [-0.15, -0.1) is 0 Å². The van der Waals surface area contributed by atoms with Gasteiger partial charge in [-0.2, -0.15) is 4.98 Å². The maximum absolute atomic E-state index is 12.1. The van der Waals surface area contributed by atoms with Crippen molar-refractivity contribution in [3.05, 3.63) is 35.7 Å². The highest BCUT2D eigenvalue weighted by atomic mass is 16.5. The number of amides is 1. The summed E-state index contributed by atoms with van der Waals surface area (Å²) in [7, 11) is 0.